The molecule has 4 heteroatoms. The molecule has 0 spiro atoms. The van der Waals surface area contributed by atoms with Crippen LogP contribution >= 0.6 is 0 Å². The molecule has 2 rings (SSSR count). The highest BCUT2D eigenvalue weighted by Gasteiger charge is 2.23. The monoisotopic (exact) mass is 306 g/mol. The highest BCUT2D eigenvalue weighted by molar-refractivity contribution is 5.75. The summed E-state index contributed by atoms with van der Waals surface area (Å²) in [5.74, 6) is 1.24. The molecule has 0 unspecified atom stereocenters. The molecule has 0 aromatic heterocycles. The number of carbonyl (C=O) groups excluding carboxylic acids is 1. The fourth-order valence-corrected chi connectivity index (χ4v) is 2.45. The lowest BCUT2D eigenvalue weighted by Gasteiger charge is -2.18. The van der Waals surface area contributed by atoms with Crippen LogP contribution in [0.4, 0.5) is 0 Å². The summed E-state index contributed by atoms with van der Waals surface area (Å²) >= 11 is 0. The average Bonchev–Trinajstić information content (AvgIpc) is 2.97. The van der Waals surface area contributed by atoms with E-state index >= 15 is 0 Å². The second-order valence-corrected chi connectivity index (χ2v) is 6.84. The Kier molecular flexibility index (Phi) is 5.33. The minimum Gasteiger partial charge on any atom is -0.493 e. The van der Waals surface area contributed by atoms with Crippen LogP contribution in [0.1, 0.15) is 52.0 Å². The molecule has 1 aliphatic carbocycles. The van der Waals surface area contributed by atoms with E-state index in [-0.39, 0.29) is 12.6 Å². The van der Waals surface area contributed by atoms with Gasteiger partial charge in [-0.25, -0.2) is 0 Å². The molecule has 1 aliphatic rings. The highest BCUT2D eigenvalue weighted by Crippen LogP contribution is 2.32. The Morgan fingerprint density at radius 1 is 1.18 bits per heavy atom. The van der Waals surface area contributed by atoms with Crippen molar-refractivity contribution in [3.05, 3.63) is 23.8 Å². The fourth-order valence-electron chi connectivity index (χ4n) is 2.45. The molecule has 1 saturated carbocycles. The third kappa shape index (κ3) is 4.39. The molecule has 1 fully saturated rings. The van der Waals surface area contributed by atoms with Gasteiger partial charge in [-0.3, -0.25) is 4.79 Å². The Balaban J connectivity index is 2.00. The topological polar surface area (TPSA) is 44.8 Å². The van der Waals surface area contributed by atoms with E-state index in [0.717, 1.165) is 24.2 Å². The van der Waals surface area contributed by atoms with Crippen molar-refractivity contribution in [2.45, 2.75) is 59.2 Å². The van der Waals surface area contributed by atoms with Gasteiger partial charge in [0, 0.05) is 0 Å². The van der Waals surface area contributed by atoms with E-state index in [1.54, 1.807) is 7.11 Å². The Morgan fingerprint density at radius 3 is 2.45 bits per heavy atom. The van der Waals surface area contributed by atoms with E-state index < -0.39 is 5.41 Å². The van der Waals surface area contributed by atoms with Crippen LogP contribution in [0.5, 0.6) is 11.5 Å². The van der Waals surface area contributed by atoms with Gasteiger partial charge in [0.15, 0.2) is 11.5 Å². The number of carbonyl (C=O) groups is 1. The van der Waals surface area contributed by atoms with Crippen LogP contribution in [-0.2, 0) is 16.1 Å². The zero-order valence-corrected chi connectivity index (χ0v) is 14.0. The molecular weight excluding hydrogens is 280 g/mol. The van der Waals surface area contributed by atoms with Crippen molar-refractivity contribution in [1.29, 1.82) is 0 Å². The van der Waals surface area contributed by atoms with Crippen LogP contribution in [0.2, 0.25) is 0 Å². The molecule has 1 aromatic rings. The number of hydrogen-bond donors (Lipinski definition) is 0. The van der Waals surface area contributed by atoms with Crippen molar-refractivity contribution in [3.63, 3.8) is 0 Å². The number of benzene rings is 1. The molecular formula is C18H26O4. The Bertz CT molecular complexity index is 510. The van der Waals surface area contributed by atoms with Crippen molar-refractivity contribution in [2.24, 2.45) is 5.41 Å². The van der Waals surface area contributed by atoms with Gasteiger partial charge in [0.25, 0.3) is 0 Å². The molecule has 22 heavy (non-hydrogen) atoms. The highest BCUT2D eigenvalue weighted by atomic mass is 16.5. The Hall–Kier alpha value is -1.71. The van der Waals surface area contributed by atoms with Crippen LogP contribution in [0.15, 0.2) is 18.2 Å². The van der Waals surface area contributed by atoms with Crippen molar-refractivity contribution in [1.82, 2.24) is 0 Å². The second-order valence-electron chi connectivity index (χ2n) is 6.84. The van der Waals surface area contributed by atoms with Crippen LogP contribution in [0, 0.1) is 5.41 Å². The lowest BCUT2D eigenvalue weighted by atomic mass is 9.97. The maximum atomic E-state index is 11.8. The summed E-state index contributed by atoms with van der Waals surface area (Å²) in [6.07, 6.45) is 4.96. The summed E-state index contributed by atoms with van der Waals surface area (Å²) in [5, 5.41) is 0. The summed E-state index contributed by atoms with van der Waals surface area (Å²) in [6.45, 7) is 5.77. The van der Waals surface area contributed by atoms with Crippen LogP contribution in [-0.4, -0.2) is 19.2 Å². The summed E-state index contributed by atoms with van der Waals surface area (Å²) < 4.78 is 16.7. The third-order valence-electron chi connectivity index (χ3n) is 3.81. The standard InChI is InChI=1S/C18H26O4/c1-18(2,3)17(19)21-12-13-9-10-15(16(11-13)20-4)22-14-7-5-6-8-14/h9-11,14H,5-8,12H2,1-4H3. The maximum absolute atomic E-state index is 11.8. The molecule has 0 N–H and O–H groups in total. The number of ether oxygens (including phenoxy) is 3. The molecule has 0 aliphatic heterocycles. The van der Waals surface area contributed by atoms with Crippen molar-refractivity contribution in [2.75, 3.05) is 7.11 Å². The van der Waals surface area contributed by atoms with E-state index in [9.17, 15) is 4.79 Å². The summed E-state index contributed by atoms with van der Waals surface area (Å²) in [7, 11) is 1.63. The van der Waals surface area contributed by atoms with Crippen molar-refractivity contribution < 1.29 is 19.0 Å². The predicted octanol–water partition coefficient (Wildman–Crippen LogP) is 4.11. The Labute approximate surface area is 132 Å². The van der Waals surface area contributed by atoms with Gasteiger partial charge < -0.3 is 14.2 Å². The smallest absolute Gasteiger partial charge is 0.311 e. The lowest BCUT2D eigenvalue weighted by Crippen LogP contribution is -2.22. The molecule has 0 heterocycles. The van der Waals surface area contributed by atoms with Gasteiger partial charge >= 0.3 is 5.97 Å². The molecule has 0 atom stereocenters. The third-order valence-corrected chi connectivity index (χ3v) is 3.81. The first kappa shape index (κ1) is 16.7. The van der Waals surface area contributed by atoms with Crippen LogP contribution < -0.4 is 9.47 Å². The predicted molar refractivity (Wildman–Crippen MR) is 85.1 cm³/mol. The van der Waals surface area contributed by atoms with Crippen molar-refractivity contribution >= 4 is 5.97 Å². The number of methoxy groups -OCH3 is 1. The summed E-state index contributed by atoms with van der Waals surface area (Å²) in [4.78, 5) is 11.8. The minimum atomic E-state index is -0.490. The van der Waals surface area contributed by atoms with E-state index in [1.165, 1.54) is 12.8 Å². The molecule has 0 radical (unpaired) electrons. The minimum absolute atomic E-state index is 0.210. The molecule has 4 nitrogen and oxygen atoms in total. The largest absolute Gasteiger partial charge is 0.493 e. The molecule has 122 valence electrons. The van der Waals surface area contributed by atoms with Crippen molar-refractivity contribution in [3.8, 4) is 11.5 Å². The van der Waals surface area contributed by atoms with Crippen LogP contribution in [0.3, 0.4) is 0 Å². The molecule has 0 saturated heterocycles. The number of rotatable bonds is 5. The first-order chi connectivity index (χ1) is 10.4. The zero-order chi connectivity index (χ0) is 16.2. The normalized spacial score (nSPS) is 15.6. The van der Waals surface area contributed by atoms with Gasteiger partial charge in [-0.05, 0) is 64.2 Å². The quantitative estimate of drug-likeness (QED) is 0.768. The first-order valence-electron chi connectivity index (χ1n) is 7.91. The summed E-state index contributed by atoms with van der Waals surface area (Å²) in [5.41, 5.74) is 0.406. The molecule has 0 bridgehead atoms. The van der Waals surface area contributed by atoms with Gasteiger partial charge in [0.1, 0.15) is 6.61 Å². The van der Waals surface area contributed by atoms with Gasteiger partial charge in [-0.15, -0.1) is 0 Å². The lowest BCUT2D eigenvalue weighted by molar-refractivity contribution is -0.154. The van der Waals surface area contributed by atoms with E-state index in [1.807, 2.05) is 39.0 Å². The van der Waals surface area contributed by atoms with E-state index in [0.29, 0.717) is 11.9 Å². The number of hydrogen-bond acceptors (Lipinski definition) is 4. The first-order valence-corrected chi connectivity index (χ1v) is 7.91. The zero-order valence-electron chi connectivity index (χ0n) is 14.0. The SMILES string of the molecule is COc1cc(COC(=O)C(C)(C)C)ccc1OC1CCCC1. The average molecular weight is 306 g/mol. The van der Waals surface area contributed by atoms with Gasteiger partial charge in [-0.1, -0.05) is 6.07 Å². The maximum Gasteiger partial charge on any atom is 0.311 e. The molecule has 0 amide bonds. The second kappa shape index (κ2) is 7.03. The van der Waals surface area contributed by atoms with E-state index in [4.69, 9.17) is 14.2 Å². The fraction of sp³-hybridized carbons (Fsp3) is 0.611. The van der Waals surface area contributed by atoms with Gasteiger partial charge in [0.2, 0.25) is 0 Å². The molecule has 1 aromatic carbocycles. The Morgan fingerprint density at radius 2 is 1.86 bits per heavy atom. The van der Waals surface area contributed by atoms with Gasteiger partial charge in [-0.2, -0.15) is 0 Å². The van der Waals surface area contributed by atoms with Gasteiger partial charge in [0.05, 0.1) is 18.6 Å². The van der Waals surface area contributed by atoms with E-state index in [2.05, 4.69) is 0 Å². The summed E-state index contributed by atoms with van der Waals surface area (Å²) in [6, 6.07) is 5.69. The van der Waals surface area contributed by atoms with Crippen LogP contribution in [0.25, 0.3) is 0 Å². The number of esters is 1.